The lowest BCUT2D eigenvalue weighted by molar-refractivity contribution is -0.384. The number of amides is 1. The fourth-order valence-electron chi connectivity index (χ4n) is 3.61. The van der Waals surface area contributed by atoms with Gasteiger partial charge in [0.05, 0.1) is 9.80 Å². The Bertz CT molecular complexity index is 1070. The molecule has 0 atom stereocenters. The van der Waals surface area contributed by atoms with Gasteiger partial charge in [0.15, 0.2) is 0 Å². The zero-order chi connectivity index (χ0) is 22.5. The molecule has 3 aromatic rings. The lowest BCUT2D eigenvalue weighted by Gasteiger charge is -2.34. The number of piperazine rings is 1. The van der Waals surface area contributed by atoms with Crippen molar-refractivity contribution in [3.63, 3.8) is 0 Å². The molecule has 1 aromatic heterocycles. The fraction of sp³-hybridized carbons (Fsp3) is 0.292. The number of hydrogen-bond acceptors (Lipinski definition) is 6. The molecule has 1 aliphatic heterocycles. The van der Waals surface area contributed by atoms with E-state index in [1.54, 1.807) is 12.1 Å². The first-order valence-electron chi connectivity index (χ1n) is 10.5. The number of carbonyl (C=O) groups excluding carboxylic acids is 1. The molecule has 0 saturated carbocycles. The molecule has 1 fully saturated rings. The molecule has 8 heteroatoms. The lowest BCUT2D eigenvalue weighted by Crippen LogP contribution is -2.48. The molecule has 2 aromatic carbocycles. The van der Waals surface area contributed by atoms with Gasteiger partial charge in [-0.05, 0) is 36.1 Å². The fourth-order valence-corrected chi connectivity index (χ4v) is 4.47. The second-order valence-electron chi connectivity index (χ2n) is 7.91. The van der Waals surface area contributed by atoms with Gasteiger partial charge in [-0.15, -0.1) is 11.3 Å². The average molecular weight is 452 g/mol. The summed E-state index contributed by atoms with van der Waals surface area (Å²) < 4.78 is 5.70. The van der Waals surface area contributed by atoms with E-state index >= 15 is 0 Å². The Morgan fingerprint density at radius 2 is 1.72 bits per heavy atom. The molecule has 0 radical (unpaired) electrons. The molecule has 0 N–H and O–H groups in total. The largest absolute Gasteiger partial charge is 0.489 e. The Balaban J connectivity index is 1.26. The van der Waals surface area contributed by atoms with E-state index in [0.717, 1.165) is 38.3 Å². The second-order valence-corrected chi connectivity index (χ2v) is 8.82. The van der Waals surface area contributed by atoms with Gasteiger partial charge in [0, 0.05) is 50.4 Å². The molecule has 0 spiro atoms. The van der Waals surface area contributed by atoms with Gasteiger partial charge in [0.1, 0.15) is 12.4 Å². The Hall–Kier alpha value is -3.23. The third-order valence-corrected chi connectivity index (χ3v) is 6.47. The summed E-state index contributed by atoms with van der Waals surface area (Å²) >= 11 is 1.42. The topological polar surface area (TPSA) is 75.9 Å². The first kappa shape index (κ1) is 22.0. The van der Waals surface area contributed by atoms with Crippen molar-refractivity contribution in [2.75, 3.05) is 26.2 Å². The summed E-state index contributed by atoms with van der Waals surface area (Å²) in [6, 6.07) is 16.4. The number of hydrogen-bond donors (Lipinski definition) is 0. The van der Waals surface area contributed by atoms with Crippen LogP contribution in [0.5, 0.6) is 5.75 Å². The molecule has 166 valence electrons. The molecule has 7 nitrogen and oxygen atoms in total. The highest BCUT2D eigenvalue weighted by molar-refractivity contribution is 7.12. The summed E-state index contributed by atoms with van der Waals surface area (Å²) in [4.78, 5) is 28.2. The van der Waals surface area contributed by atoms with Crippen LogP contribution in [-0.2, 0) is 13.2 Å². The maximum absolute atomic E-state index is 12.9. The van der Waals surface area contributed by atoms with Crippen LogP contribution in [0.4, 0.5) is 5.69 Å². The van der Waals surface area contributed by atoms with Crippen LogP contribution in [-0.4, -0.2) is 46.8 Å². The van der Waals surface area contributed by atoms with Crippen LogP contribution in [0, 0.1) is 17.0 Å². The molecule has 0 aliphatic carbocycles. The van der Waals surface area contributed by atoms with Gasteiger partial charge in [0.25, 0.3) is 11.6 Å². The minimum absolute atomic E-state index is 0.0275. The van der Waals surface area contributed by atoms with Gasteiger partial charge < -0.3 is 9.64 Å². The molecule has 4 rings (SSSR count). The van der Waals surface area contributed by atoms with Crippen LogP contribution >= 0.6 is 11.3 Å². The Labute approximate surface area is 191 Å². The molecular formula is C24H25N3O4S. The summed E-state index contributed by atoms with van der Waals surface area (Å²) in [5.74, 6) is 0.617. The number of non-ortho nitro benzene ring substituents is 1. The van der Waals surface area contributed by atoms with E-state index in [2.05, 4.69) is 36.1 Å². The van der Waals surface area contributed by atoms with Crippen molar-refractivity contribution in [2.24, 2.45) is 0 Å². The molecule has 0 bridgehead atoms. The van der Waals surface area contributed by atoms with Gasteiger partial charge in [-0.2, -0.15) is 0 Å². The van der Waals surface area contributed by atoms with Crippen molar-refractivity contribution in [1.82, 2.24) is 9.80 Å². The molecule has 1 aliphatic rings. The van der Waals surface area contributed by atoms with E-state index in [1.165, 1.54) is 34.6 Å². The highest BCUT2D eigenvalue weighted by Crippen LogP contribution is 2.22. The number of nitrogens with zero attached hydrogens (tertiary/aromatic N) is 3. The van der Waals surface area contributed by atoms with Crippen molar-refractivity contribution >= 4 is 22.9 Å². The van der Waals surface area contributed by atoms with E-state index < -0.39 is 4.92 Å². The van der Waals surface area contributed by atoms with Gasteiger partial charge in [-0.3, -0.25) is 19.8 Å². The van der Waals surface area contributed by atoms with E-state index in [9.17, 15) is 14.9 Å². The maximum Gasteiger partial charge on any atom is 0.269 e. The van der Waals surface area contributed by atoms with Crippen LogP contribution < -0.4 is 4.74 Å². The standard InChI is InChI=1S/C24H25N3O4S/c1-18-2-4-19(5-3-18)15-25-10-12-26(13-11-25)24(28)23-14-20(17-32-23)16-31-22-8-6-21(7-9-22)27(29)30/h2-9,14,17H,10-13,15-16H2,1H3. The zero-order valence-corrected chi connectivity index (χ0v) is 18.7. The van der Waals surface area contributed by atoms with Crippen LogP contribution in [0.3, 0.4) is 0 Å². The maximum atomic E-state index is 12.9. The normalized spacial score (nSPS) is 14.3. The summed E-state index contributed by atoms with van der Waals surface area (Å²) in [5.41, 5.74) is 3.50. The molecule has 2 heterocycles. The highest BCUT2D eigenvalue weighted by atomic mass is 32.1. The van der Waals surface area contributed by atoms with E-state index in [-0.39, 0.29) is 11.6 Å². The molecule has 0 unspecified atom stereocenters. The number of thiophene rings is 1. The minimum atomic E-state index is -0.442. The summed E-state index contributed by atoms with van der Waals surface area (Å²) in [5, 5.41) is 12.7. The van der Waals surface area contributed by atoms with E-state index in [4.69, 9.17) is 4.74 Å². The number of benzene rings is 2. The molecule has 32 heavy (non-hydrogen) atoms. The predicted octanol–water partition coefficient (Wildman–Crippen LogP) is 4.50. The number of nitro benzene ring substituents is 1. The summed E-state index contributed by atoms with van der Waals surface area (Å²) in [6.07, 6.45) is 0. The van der Waals surface area contributed by atoms with Crippen LogP contribution in [0.25, 0.3) is 0 Å². The van der Waals surface area contributed by atoms with Crippen molar-refractivity contribution in [1.29, 1.82) is 0 Å². The van der Waals surface area contributed by atoms with Crippen LogP contribution in [0.2, 0.25) is 0 Å². The Morgan fingerprint density at radius 3 is 2.38 bits per heavy atom. The third kappa shape index (κ3) is 5.52. The van der Waals surface area contributed by atoms with Crippen LogP contribution in [0.1, 0.15) is 26.4 Å². The summed E-state index contributed by atoms with van der Waals surface area (Å²) in [7, 11) is 0. The van der Waals surface area contributed by atoms with E-state index in [1.807, 2.05) is 16.3 Å². The third-order valence-electron chi connectivity index (χ3n) is 5.50. The first-order valence-corrected chi connectivity index (χ1v) is 11.4. The number of aryl methyl sites for hydroxylation is 1. The first-order chi connectivity index (χ1) is 15.5. The van der Waals surface area contributed by atoms with Crippen LogP contribution in [0.15, 0.2) is 60.0 Å². The second kappa shape index (κ2) is 9.93. The monoisotopic (exact) mass is 451 g/mol. The van der Waals surface area contributed by atoms with Gasteiger partial charge >= 0.3 is 0 Å². The summed E-state index contributed by atoms with van der Waals surface area (Å²) in [6.45, 7) is 6.47. The van der Waals surface area contributed by atoms with Gasteiger partial charge in [-0.1, -0.05) is 29.8 Å². The van der Waals surface area contributed by atoms with Gasteiger partial charge in [0.2, 0.25) is 0 Å². The SMILES string of the molecule is Cc1ccc(CN2CCN(C(=O)c3cc(COc4ccc([N+](=O)[O-])cc4)cs3)CC2)cc1. The van der Waals surface area contributed by atoms with Crippen molar-refractivity contribution in [3.05, 3.63) is 91.7 Å². The predicted molar refractivity (Wildman–Crippen MR) is 124 cm³/mol. The quantitative estimate of drug-likeness (QED) is 0.390. The molecule has 1 saturated heterocycles. The highest BCUT2D eigenvalue weighted by Gasteiger charge is 2.23. The Kier molecular flexibility index (Phi) is 6.82. The van der Waals surface area contributed by atoms with E-state index in [0.29, 0.717) is 17.2 Å². The average Bonchev–Trinajstić information content (AvgIpc) is 3.29. The number of rotatable bonds is 7. The molecular weight excluding hydrogens is 426 g/mol. The van der Waals surface area contributed by atoms with Crippen molar-refractivity contribution in [3.8, 4) is 5.75 Å². The number of nitro groups is 1. The molecule has 1 amide bonds. The zero-order valence-electron chi connectivity index (χ0n) is 17.9. The Morgan fingerprint density at radius 1 is 1.03 bits per heavy atom. The number of carbonyl (C=O) groups is 1. The number of ether oxygens (including phenoxy) is 1. The lowest BCUT2D eigenvalue weighted by atomic mass is 10.1. The van der Waals surface area contributed by atoms with Crippen molar-refractivity contribution in [2.45, 2.75) is 20.1 Å². The van der Waals surface area contributed by atoms with Crippen molar-refractivity contribution < 1.29 is 14.5 Å². The smallest absolute Gasteiger partial charge is 0.269 e. The minimum Gasteiger partial charge on any atom is -0.489 e. The van der Waals surface area contributed by atoms with Gasteiger partial charge in [-0.25, -0.2) is 0 Å².